The molecule has 0 aromatic heterocycles. The number of benzene rings is 1. The first kappa shape index (κ1) is 15.4. The van der Waals surface area contributed by atoms with Crippen LogP contribution in [0.4, 0.5) is 18.9 Å². The van der Waals surface area contributed by atoms with Crippen LogP contribution in [0.5, 0.6) is 0 Å². The number of imide groups is 1. The summed E-state index contributed by atoms with van der Waals surface area (Å²) in [6.45, 7) is 1.34. The number of carbonyl (C=O) groups excluding carboxylic acids is 2. The van der Waals surface area contributed by atoms with Crippen molar-refractivity contribution in [2.75, 3.05) is 4.90 Å². The molecule has 132 valence electrons. The largest absolute Gasteiger partial charge is 0.416 e. The van der Waals surface area contributed by atoms with Gasteiger partial charge in [0, 0.05) is 0 Å². The number of fused-ring (bicyclic) bond motifs is 1. The zero-order valence-electron chi connectivity index (χ0n) is 13.7. The molecular weight excluding hydrogens is 331 g/mol. The fraction of sp³-hybridized carbons (Fsp3) is 0.579. The maximum absolute atomic E-state index is 13.2. The zero-order chi connectivity index (χ0) is 17.7. The van der Waals surface area contributed by atoms with E-state index >= 15 is 0 Å². The lowest BCUT2D eigenvalue weighted by Gasteiger charge is -2.42. The molecular formula is C19H18F3NO2. The van der Waals surface area contributed by atoms with Crippen LogP contribution in [-0.4, -0.2) is 11.8 Å². The van der Waals surface area contributed by atoms with Gasteiger partial charge in [-0.25, -0.2) is 4.90 Å². The molecule has 3 nitrogen and oxygen atoms in total. The summed E-state index contributed by atoms with van der Waals surface area (Å²) in [6.07, 6.45) is -1.44. The molecule has 1 aromatic carbocycles. The first-order valence-corrected chi connectivity index (χ1v) is 8.85. The van der Waals surface area contributed by atoms with Crippen molar-refractivity contribution in [2.24, 2.45) is 35.5 Å². The molecule has 1 heterocycles. The van der Waals surface area contributed by atoms with Gasteiger partial charge in [0.25, 0.3) is 0 Å². The van der Waals surface area contributed by atoms with Crippen molar-refractivity contribution in [3.8, 4) is 0 Å². The predicted octanol–water partition coefficient (Wildman–Crippen LogP) is 3.80. The number of hydrogen-bond acceptors (Lipinski definition) is 2. The van der Waals surface area contributed by atoms with Crippen LogP contribution in [-0.2, 0) is 15.8 Å². The van der Waals surface area contributed by atoms with E-state index in [4.69, 9.17) is 0 Å². The fourth-order valence-electron chi connectivity index (χ4n) is 5.95. The third-order valence-corrected chi connectivity index (χ3v) is 7.00. The fourth-order valence-corrected chi connectivity index (χ4v) is 5.95. The van der Waals surface area contributed by atoms with Crippen molar-refractivity contribution in [1.29, 1.82) is 0 Å². The highest BCUT2D eigenvalue weighted by molar-refractivity contribution is 6.22. The number of halogens is 3. The van der Waals surface area contributed by atoms with Crippen molar-refractivity contribution in [1.82, 2.24) is 0 Å². The summed E-state index contributed by atoms with van der Waals surface area (Å²) in [5.41, 5.74) is -0.730. The van der Waals surface area contributed by atoms with Gasteiger partial charge in [-0.1, -0.05) is 6.07 Å². The molecule has 2 bridgehead atoms. The molecule has 5 fully saturated rings. The van der Waals surface area contributed by atoms with Crippen molar-refractivity contribution < 1.29 is 22.8 Å². The van der Waals surface area contributed by atoms with E-state index in [0.717, 1.165) is 30.2 Å². The first-order valence-electron chi connectivity index (χ1n) is 8.85. The van der Waals surface area contributed by atoms with Crippen molar-refractivity contribution in [3.63, 3.8) is 0 Å². The molecule has 1 saturated heterocycles. The minimum atomic E-state index is -4.50. The zero-order valence-corrected chi connectivity index (χ0v) is 13.7. The van der Waals surface area contributed by atoms with Gasteiger partial charge < -0.3 is 0 Å². The number of rotatable bonds is 1. The van der Waals surface area contributed by atoms with Gasteiger partial charge in [0.1, 0.15) is 0 Å². The summed E-state index contributed by atoms with van der Waals surface area (Å²) >= 11 is 0. The lowest BCUT2D eigenvalue weighted by Crippen LogP contribution is -2.43. The minimum absolute atomic E-state index is 0.0483. The van der Waals surface area contributed by atoms with Crippen molar-refractivity contribution >= 4 is 17.5 Å². The number of hydrogen-bond donors (Lipinski definition) is 0. The summed E-state index contributed by atoms with van der Waals surface area (Å²) in [7, 11) is 0. The SMILES string of the molecule is Cc1c(N2C(=O)C3C4CCC(C5CC54)C3C2=O)cccc1C(F)(F)F. The molecule has 1 aliphatic heterocycles. The Morgan fingerprint density at radius 2 is 1.52 bits per heavy atom. The quantitative estimate of drug-likeness (QED) is 0.724. The first-order chi connectivity index (χ1) is 11.8. The van der Waals surface area contributed by atoms with Gasteiger partial charge in [-0.2, -0.15) is 13.2 Å². The third kappa shape index (κ3) is 1.88. The van der Waals surface area contributed by atoms with Crippen LogP contribution in [0.1, 0.15) is 30.4 Å². The normalized spacial score (nSPS) is 38.8. The van der Waals surface area contributed by atoms with Crippen LogP contribution >= 0.6 is 0 Å². The molecule has 6 atom stereocenters. The van der Waals surface area contributed by atoms with Gasteiger partial charge in [-0.05, 0) is 67.6 Å². The monoisotopic (exact) mass is 349 g/mol. The Balaban J connectivity index is 1.58. The maximum Gasteiger partial charge on any atom is 0.416 e. The van der Waals surface area contributed by atoms with E-state index in [9.17, 15) is 22.8 Å². The lowest BCUT2D eigenvalue weighted by molar-refractivity contribution is -0.138. The number of carbonyl (C=O) groups is 2. The summed E-state index contributed by atoms with van der Waals surface area (Å²) in [5.74, 6) is 0.404. The van der Waals surface area contributed by atoms with Gasteiger partial charge in [-0.3, -0.25) is 9.59 Å². The molecule has 5 aliphatic rings. The third-order valence-electron chi connectivity index (χ3n) is 7.00. The van der Waals surface area contributed by atoms with Gasteiger partial charge in [-0.15, -0.1) is 0 Å². The second-order valence-corrected chi connectivity index (χ2v) is 7.98. The van der Waals surface area contributed by atoms with E-state index in [1.54, 1.807) is 0 Å². The van der Waals surface area contributed by atoms with Crippen molar-refractivity contribution in [2.45, 2.75) is 32.4 Å². The Hall–Kier alpha value is -1.85. The molecule has 6 heteroatoms. The van der Waals surface area contributed by atoms with Gasteiger partial charge in [0.05, 0.1) is 23.1 Å². The number of anilines is 1. The van der Waals surface area contributed by atoms with Crippen LogP contribution in [0.25, 0.3) is 0 Å². The number of nitrogens with zero attached hydrogens (tertiary/aromatic N) is 1. The Morgan fingerprint density at radius 3 is 2.04 bits per heavy atom. The molecule has 0 N–H and O–H groups in total. The Labute approximate surface area is 143 Å². The van der Waals surface area contributed by atoms with E-state index in [1.807, 2.05) is 0 Å². The van der Waals surface area contributed by atoms with Gasteiger partial charge in [0.2, 0.25) is 11.8 Å². The van der Waals surface area contributed by atoms with Crippen LogP contribution in [0.15, 0.2) is 18.2 Å². The molecule has 1 aromatic rings. The van der Waals surface area contributed by atoms with E-state index in [-0.39, 0.29) is 46.7 Å². The predicted molar refractivity (Wildman–Crippen MR) is 83.5 cm³/mol. The number of alkyl halides is 3. The van der Waals surface area contributed by atoms with E-state index in [0.29, 0.717) is 11.8 Å². The summed E-state index contributed by atoms with van der Waals surface area (Å²) < 4.78 is 39.6. The smallest absolute Gasteiger partial charge is 0.274 e. The lowest BCUT2D eigenvalue weighted by atomic mass is 9.59. The summed E-state index contributed by atoms with van der Waals surface area (Å²) in [5, 5.41) is 0. The minimum Gasteiger partial charge on any atom is -0.274 e. The average Bonchev–Trinajstić information content (AvgIpc) is 3.32. The van der Waals surface area contributed by atoms with E-state index in [2.05, 4.69) is 0 Å². The second kappa shape index (κ2) is 4.65. The molecule has 6 unspecified atom stereocenters. The molecule has 0 radical (unpaired) electrons. The summed E-state index contributed by atoms with van der Waals surface area (Å²) in [6, 6.07) is 3.73. The molecule has 4 saturated carbocycles. The van der Waals surface area contributed by atoms with E-state index < -0.39 is 11.7 Å². The van der Waals surface area contributed by atoms with Crippen LogP contribution in [0.2, 0.25) is 0 Å². The van der Waals surface area contributed by atoms with Crippen LogP contribution < -0.4 is 4.90 Å². The second-order valence-electron chi connectivity index (χ2n) is 7.98. The molecule has 2 amide bonds. The Kier molecular flexibility index (Phi) is 2.87. The van der Waals surface area contributed by atoms with Crippen molar-refractivity contribution in [3.05, 3.63) is 29.3 Å². The molecule has 0 spiro atoms. The number of amides is 2. The highest BCUT2D eigenvalue weighted by atomic mass is 19.4. The molecule has 25 heavy (non-hydrogen) atoms. The van der Waals surface area contributed by atoms with Crippen LogP contribution in [0.3, 0.4) is 0 Å². The van der Waals surface area contributed by atoms with Crippen LogP contribution in [0, 0.1) is 42.4 Å². The maximum atomic E-state index is 13.2. The topological polar surface area (TPSA) is 37.4 Å². The highest BCUT2D eigenvalue weighted by Gasteiger charge is 2.68. The average molecular weight is 349 g/mol. The Bertz CT molecular complexity index is 768. The van der Waals surface area contributed by atoms with Gasteiger partial charge >= 0.3 is 6.18 Å². The Morgan fingerprint density at radius 1 is 0.960 bits per heavy atom. The standard InChI is InChI=1S/C19H18F3NO2/c1-8-13(19(20,21)22)3-2-4-14(8)23-17(24)15-9-5-6-10(12-7-11(9)12)16(15)18(23)25/h2-4,9-12,15-16H,5-7H2,1H3. The van der Waals surface area contributed by atoms with Gasteiger partial charge in [0.15, 0.2) is 0 Å². The highest BCUT2D eigenvalue weighted by Crippen LogP contribution is 2.68. The molecule has 4 aliphatic carbocycles. The molecule has 6 rings (SSSR count). The summed E-state index contributed by atoms with van der Waals surface area (Å²) in [4.78, 5) is 27.1. The van der Waals surface area contributed by atoms with E-state index in [1.165, 1.54) is 19.1 Å².